The zero-order valence-electron chi connectivity index (χ0n) is 10.0. The number of rotatable bonds is 2. The fraction of sp³-hybridized carbons (Fsp3) is 0. The zero-order chi connectivity index (χ0) is 14.3. The van der Waals surface area contributed by atoms with Crippen molar-refractivity contribution < 1.29 is 14.3 Å². The summed E-state index contributed by atoms with van der Waals surface area (Å²) in [6.07, 6.45) is 0. The van der Waals surface area contributed by atoms with Crippen LogP contribution in [0.3, 0.4) is 0 Å². The Bertz CT molecular complexity index is 829. The number of carboxylic acids is 1. The predicted octanol–water partition coefficient (Wildman–Crippen LogP) is 3.67. The number of aromatic amines is 1. The number of imidazole rings is 1. The van der Waals surface area contributed by atoms with E-state index in [4.69, 9.17) is 5.11 Å². The van der Waals surface area contributed by atoms with Crippen LogP contribution in [0.5, 0.6) is 0 Å². The normalized spacial score (nSPS) is 10.9. The van der Waals surface area contributed by atoms with E-state index >= 15 is 0 Å². The predicted molar refractivity (Wildman–Crippen MR) is 81.2 cm³/mol. The number of halogens is 2. The summed E-state index contributed by atoms with van der Waals surface area (Å²) in [5, 5.41) is 9.11. The van der Waals surface area contributed by atoms with E-state index < -0.39 is 11.8 Å². The lowest BCUT2D eigenvalue weighted by Gasteiger charge is -1.96. The summed E-state index contributed by atoms with van der Waals surface area (Å²) in [6.45, 7) is 0. The average molecular weight is 382 g/mol. The van der Waals surface area contributed by atoms with Crippen LogP contribution < -0.4 is 0 Å². The molecule has 2 N–H and O–H groups in total. The van der Waals surface area contributed by atoms with Gasteiger partial charge in [0.25, 0.3) is 0 Å². The zero-order valence-corrected chi connectivity index (χ0v) is 12.2. The molecule has 0 radical (unpaired) electrons. The number of nitrogens with zero attached hydrogens (tertiary/aromatic N) is 1. The van der Waals surface area contributed by atoms with Crippen LogP contribution in [0.2, 0.25) is 0 Å². The summed E-state index contributed by atoms with van der Waals surface area (Å²) >= 11 is 2.18. The molecular formula is C14H8FIN2O2. The Kier molecular flexibility index (Phi) is 3.17. The molecule has 3 rings (SSSR count). The lowest BCUT2D eigenvalue weighted by molar-refractivity contribution is 0.0698. The smallest absolute Gasteiger partial charge is 0.338 e. The van der Waals surface area contributed by atoms with Gasteiger partial charge in [-0.2, -0.15) is 0 Å². The lowest BCUT2D eigenvalue weighted by Crippen LogP contribution is -1.98. The van der Waals surface area contributed by atoms with Gasteiger partial charge in [-0.05, 0) is 46.9 Å². The quantitative estimate of drug-likeness (QED) is 0.665. The molecule has 0 saturated heterocycles. The van der Waals surface area contributed by atoms with Crippen molar-refractivity contribution in [3.8, 4) is 11.4 Å². The van der Waals surface area contributed by atoms with E-state index in [9.17, 15) is 9.18 Å². The van der Waals surface area contributed by atoms with E-state index in [-0.39, 0.29) is 11.1 Å². The van der Waals surface area contributed by atoms with Crippen LogP contribution >= 0.6 is 22.6 Å². The minimum atomic E-state index is -1.20. The van der Waals surface area contributed by atoms with Crippen molar-refractivity contribution in [2.24, 2.45) is 0 Å². The molecule has 100 valence electrons. The maximum Gasteiger partial charge on any atom is 0.338 e. The van der Waals surface area contributed by atoms with E-state index in [1.54, 1.807) is 0 Å². The van der Waals surface area contributed by atoms with E-state index in [1.807, 2.05) is 24.3 Å². The summed E-state index contributed by atoms with van der Waals surface area (Å²) in [5.41, 5.74) is 1.31. The molecule has 0 aliphatic heterocycles. The average Bonchev–Trinajstić information content (AvgIpc) is 2.81. The SMILES string of the molecule is O=C(O)c1cc(F)cc2[nH]c(-c3cccc(I)c3)nc12. The van der Waals surface area contributed by atoms with Crippen molar-refractivity contribution in [1.29, 1.82) is 0 Å². The number of carboxylic acid groups (broad SMARTS) is 1. The summed E-state index contributed by atoms with van der Waals surface area (Å²) in [7, 11) is 0. The van der Waals surface area contributed by atoms with Gasteiger partial charge in [0.2, 0.25) is 0 Å². The van der Waals surface area contributed by atoms with Crippen LogP contribution in [-0.2, 0) is 0 Å². The number of aromatic carboxylic acids is 1. The van der Waals surface area contributed by atoms with Gasteiger partial charge in [0.1, 0.15) is 17.2 Å². The molecule has 20 heavy (non-hydrogen) atoms. The summed E-state index contributed by atoms with van der Waals surface area (Å²) in [6, 6.07) is 9.81. The van der Waals surface area contributed by atoms with Crippen molar-refractivity contribution in [1.82, 2.24) is 9.97 Å². The molecule has 2 aromatic carbocycles. The monoisotopic (exact) mass is 382 g/mol. The highest BCUT2D eigenvalue weighted by atomic mass is 127. The second kappa shape index (κ2) is 4.86. The first-order valence-corrected chi connectivity index (χ1v) is 6.81. The molecule has 0 fully saturated rings. The van der Waals surface area contributed by atoms with Crippen molar-refractivity contribution >= 4 is 39.6 Å². The number of fused-ring (bicyclic) bond motifs is 1. The van der Waals surface area contributed by atoms with Gasteiger partial charge in [0.05, 0.1) is 11.1 Å². The number of benzene rings is 2. The number of H-pyrrole nitrogens is 1. The molecule has 0 unspecified atom stereocenters. The van der Waals surface area contributed by atoms with Crippen LogP contribution in [0.25, 0.3) is 22.4 Å². The largest absolute Gasteiger partial charge is 0.478 e. The second-order valence-corrected chi connectivity index (χ2v) is 5.50. The molecule has 0 saturated carbocycles. The molecule has 4 nitrogen and oxygen atoms in total. The Morgan fingerprint density at radius 1 is 1.30 bits per heavy atom. The number of carbonyl (C=O) groups is 1. The first kappa shape index (κ1) is 13.0. The topological polar surface area (TPSA) is 66.0 Å². The Morgan fingerprint density at radius 3 is 2.80 bits per heavy atom. The fourth-order valence-corrected chi connectivity index (χ4v) is 2.56. The highest BCUT2D eigenvalue weighted by Crippen LogP contribution is 2.25. The maximum absolute atomic E-state index is 13.4. The van der Waals surface area contributed by atoms with Crippen molar-refractivity contribution in [3.05, 3.63) is 51.3 Å². The number of hydrogen-bond acceptors (Lipinski definition) is 2. The highest BCUT2D eigenvalue weighted by molar-refractivity contribution is 14.1. The number of hydrogen-bond donors (Lipinski definition) is 2. The van der Waals surface area contributed by atoms with E-state index in [0.717, 1.165) is 15.2 Å². The first-order valence-electron chi connectivity index (χ1n) is 5.73. The molecule has 0 aliphatic rings. The lowest BCUT2D eigenvalue weighted by atomic mass is 10.2. The molecule has 0 aliphatic carbocycles. The van der Waals surface area contributed by atoms with Crippen LogP contribution in [0.15, 0.2) is 36.4 Å². The van der Waals surface area contributed by atoms with E-state index in [2.05, 4.69) is 32.6 Å². The Hall–Kier alpha value is -1.96. The van der Waals surface area contributed by atoms with Gasteiger partial charge >= 0.3 is 5.97 Å². The summed E-state index contributed by atoms with van der Waals surface area (Å²) in [4.78, 5) is 18.4. The van der Waals surface area contributed by atoms with Gasteiger partial charge in [-0.25, -0.2) is 14.2 Å². The Balaban J connectivity index is 2.25. The molecule has 0 atom stereocenters. The summed E-state index contributed by atoms with van der Waals surface area (Å²) < 4.78 is 14.5. The van der Waals surface area contributed by atoms with Crippen LogP contribution in [0.1, 0.15) is 10.4 Å². The maximum atomic E-state index is 13.4. The Morgan fingerprint density at radius 2 is 2.10 bits per heavy atom. The van der Waals surface area contributed by atoms with Gasteiger partial charge in [0.15, 0.2) is 0 Å². The van der Waals surface area contributed by atoms with Gasteiger partial charge in [-0.3, -0.25) is 0 Å². The molecule has 0 amide bonds. The minimum Gasteiger partial charge on any atom is -0.478 e. The second-order valence-electron chi connectivity index (χ2n) is 4.25. The standard InChI is InChI=1S/C14H8FIN2O2/c15-8-5-10(14(19)20)12-11(6-8)17-13(18-12)7-2-1-3-9(16)4-7/h1-6H,(H,17,18)(H,19,20). The third-order valence-electron chi connectivity index (χ3n) is 2.88. The number of nitrogens with one attached hydrogen (secondary N) is 1. The summed E-state index contributed by atoms with van der Waals surface area (Å²) in [5.74, 6) is -1.28. The number of aromatic nitrogens is 2. The van der Waals surface area contributed by atoms with Crippen molar-refractivity contribution in [2.45, 2.75) is 0 Å². The molecule has 1 aromatic heterocycles. The molecule has 0 spiro atoms. The van der Waals surface area contributed by atoms with Crippen molar-refractivity contribution in [2.75, 3.05) is 0 Å². The minimum absolute atomic E-state index is 0.145. The van der Waals surface area contributed by atoms with Crippen LogP contribution in [-0.4, -0.2) is 21.0 Å². The molecular weight excluding hydrogens is 374 g/mol. The van der Waals surface area contributed by atoms with Crippen LogP contribution in [0, 0.1) is 9.39 Å². The first-order chi connectivity index (χ1) is 9.54. The molecule has 0 bridgehead atoms. The van der Waals surface area contributed by atoms with Crippen molar-refractivity contribution in [3.63, 3.8) is 0 Å². The van der Waals surface area contributed by atoms with E-state index in [1.165, 1.54) is 6.07 Å². The third-order valence-corrected chi connectivity index (χ3v) is 3.55. The molecule has 6 heteroatoms. The molecule has 1 heterocycles. The van der Waals surface area contributed by atoms with Gasteiger partial charge in [-0.1, -0.05) is 12.1 Å². The van der Waals surface area contributed by atoms with Gasteiger partial charge in [-0.15, -0.1) is 0 Å². The highest BCUT2D eigenvalue weighted by Gasteiger charge is 2.15. The van der Waals surface area contributed by atoms with Gasteiger partial charge in [0, 0.05) is 9.13 Å². The van der Waals surface area contributed by atoms with E-state index in [0.29, 0.717) is 11.3 Å². The fourth-order valence-electron chi connectivity index (χ4n) is 2.02. The third kappa shape index (κ3) is 2.26. The van der Waals surface area contributed by atoms with Gasteiger partial charge < -0.3 is 10.1 Å². The molecule has 3 aromatic rings. The van der Waals surface area contributed by atoms with Crippen LogP contribution in [0.4, 0.5) is 4.39 Å². The Labute approximate surface area is 126 Å².